The molecule has 5 heteroatoms. The highest BCUT2D eigenvalue weighted by atomic mass is 19.1. The van der Waals surface area contributed by atoms with Crippen LogP contribution < -0.4 is 17.0 Å². The Hall–Kier alpha value is -2.14. The van der Waals surface area contributed by atoms with E-state index in [1.54, 1.807) is 38.1 Å². The third kappa shape index (κ3) is 4.56. The number of hydrazine groups is 1. The van der Waals surface area contributed by atoms with Crippen molar-refractivity contribution >= 4 is 11.4 Å². The molecule has 2 aromatic rings. The molecule has 3 nitrogen and oxygen atoms in total. The average Bonchev–Trinajstić information content (AvgIpc) is 2.38. The standard InChI is InChI=1S/C7H9FN2.C7H8FN/c1-5-2-3-6(10-9)4-7(5)8;1-5-2-3-6(9)4-7(5)8/h2-4,10H,9H2,1H3;2-4H,9H2,1H3. The molecule has 19 heavy (non-hydrogen) atoms. The minimum atomic E-state index is -0.241. The average molecular weight is 265 g/mol. The first-order chi connectivity index (χ1) is 8.93. The van der Waals surface area contributed by atoms with Crippen LogP contribution in [0, 0.1) is 25.5 Å². The maximum absolute atomic E-state index is 12.7. The lowest BCUT2D eigenvalue weighted by Gasteiger charge is -2.00. The topological polar surface area (TPSA) is 64.1 Å². The molecule has 0 aromatic heterocycles. The molecular weight excluding hydrogens is 248 g/mol. The van der Waals surface area contributed by atoms with Gasteiger partial charge in [-0.2, -0.15) is 0 Å². The van der Waals surface area contributed by atoms with E-state index in [-0.39, 0.29) is 11.6 Å². The van der Waals surface area contributed by atoms with Crippen molar-refractivity contribution in [3.05, 3.63) is 59.2 Å². The number of nitrogens with two attached hydrogens (primary N) is 2. The summed E-state index contributed by atoms with van der Waals surface area (Å²) in [5.41, 5.74) is 9.95. The Morgan fingerprint density at radius 2 is 1.42 bits per heavy atom. The molecule has 0 aliphatic carbocycles. The van der Waals surface area contributed by atoms with E-state index in [4.69, 9.17) is 11.6 Å². The molecule has 5 N–H and O–H groups in total. The molecule has 2 rings (SSSR count). The lowest BCUT2D eigenvalue weighted by atomic mass is 10.2. The Morgan fingerprint density at radius 1 is 0.895 bits per heavy atom. The van der Waals surface area contributed by atoms with Gasteiger partial charge in [-0.1, -0.05) is 12.1 Å². The number of halogens is 2. The quantitative estimate of drug-likeness (QED) is 0.421. The van der Waals surface area contributed by atoms with Crippen molar-refractivity contribution in [1.82, 2.24) is 0 Å². The van der Waals surface area contributed by atoms with Crippen molar-refractivity contribution in [2.45, 2.75) is 13.8 Å². The van der Waals surface area contributed by atoms with Gasteiger partial charge in [-0.3, -0.25) is 5.84 Å². The van der Waals surface area contributed by atoms with Crippen LogP contribution >= 0.6 is 0 Å². The first kappa shape index (κ1) is 14.9. The number of aryl methyl sites for hydroxylation is 2. The predicted molar refractivity (Wildman–Crippen MR) is 74.5 cm³/mol. The summed E-state index contributed by atoms with van der Waals surface area (Å²) in [5.74, 6) is 4.57. The molecule has 102 valence electrons. The van der Waals surface area contributed by atoms with Gasteiger partial charge in [0.2, 0.25) is 0 Å². The molecule has 2 aromatic carbocycles. The summed E-state index contributed by atoms with van der Waals surface area (Å²) in [5, 5.41) is 0. The van der Waals surface area contributed by atoms with Gasteiger partial charge >= 0.3 is 0 Å². The summed E-state index contributed by atoms with van der Waals surface area (Å²) in [6.07, 6.45) is 0. The minimum Gasteiger partial charge on any atom is -0.399 e. The van der Waals surface area contributed by atoms with E-state index in [0.717, 1.165) is 0 Å². The van der Waals surface area contributed by atoms with Crippen molar-refractivity contribution in [3.63, 3.8) is 0 Å². The van der Waals surface area contributed by atoms with E-state index < -0.39 is 0 Å². The van der Waals surface area contributed by atoms with Crippen molar-refractivity contribution in [1.29, 1.82) is 0 Å². The number of benzene rings is 2. The largest absolute Gasteiger partial charge is 0.399 e. The first-order valence-electron chi connectivity index (χ1n) is 5.68. The van der Waals surface area contributed by atoms with Crippen LogP contribution in [-0.2, 0) is 0 Å². The molecule has 0 aliphatic heterocycles. The van der Waals surface area contributed by atoms with Gasteiger partial charge in [0.05, 0.1) is 5.69 Å². The Bertz CT molecular complexity index is 556. The monoisotopic (exact) mass is 265 g/mol. The van der Waals surface area contributed by atoms with Gasteiger partial charge < -0.3 is 11.2 Å². The summed E-state index contributed by atoms with van der Waals surface area (Å²) in [6, 6.07) is 9.40. The van der Waals surface area contributed by atoms with Gasteiger partial charge in [0.25, 0.3) is 0 Å². The van der Waals surface area contributed by atoms with Gasteiger partial charge in [0.1, 0.15) is 11.6 Å². The smallest absolute Gasteiger partial charge is 0.128 e. The molecule has 0 saturated heterocycles. The van der Waals surface area contributed by atoms with Crippen LogP contribution in [0.3, 0.4) is 0 Å². The van der Waals surface area contributed by atoms with Gasteiger partial charge in [0, 0.05) is 5.69 Å². The summed E-state index contributed by atoms with van der Waals surface area (Å²) >= 11 is 0. The highest BCUT2D eigenvalue weighted by Gasteiger charge is 1.96. The Labute approximate surface area is 111 Å². The van der Waals surface area contributed by atoms with E-state index in [1.807, 2.05) is 0 Å². The molecule has 0 spiro atoms. The third-order valence-electron chi connectivity index (χ3n) is 2.53. The van der Waals surface area contributed by atoms with Crippen LogP contribution in [0.2, 0.25) is 0 Å². The van der Waals surface area contributed by atoms with Crippen molar-refractivity contribution < 1.29 is 8.78 Å². The van der Waals surface area contributed by atoms with Crippen LogP contribution in [0.1, 0.15) is 11.1 Å². The molecule has 0 radical (unpaired) electrons. The normalized spacial score (nSPS) is 9.53. The Morgan fingerprint density at radius 3 is 1.84 bits per heavy atom. The number of anilines is 2. The first-order valence-corrected chi connectivity index (χ1v) is 5.68. The summed E-state index contributed by atoms with van der Waals surface area (Å²) in [7, 11) is 0. The number of nitrogen functional groups attached to an aromatic ring is 2. The van der Waals surface area contributed by atoms with Gasteiger partial charge in [-0.15, -0.1) is 0 Å². The predicted octanol–water partition coefficient (Wildman–Crippen LogP) is 3.14. The maximum Gasteiger partial charge on any atom is 0.128 e. The van der Waals surface area contributed by atoms with Gasteiger partial charge in [-0.05, 0) is 49.2 Å². The number of nitrogens with one attached hydrogen (secondary N) is 1. The number of rotatable bonds is 1. The molecule has 0 unspecified atom stereocenters. The lowest BCUT2D eigenvalue weighted by Crippen LogP contribution is -2.06. The van der Waals surface area contributed by atoms with Crippen LogP contribution in [0.15, 0.2) is 36.4 Å². The molecule has 0 aliphatic rings. The summed E-state index contributed by atoms with van der Waals surface area (Å²) in [4.78, 5) is 0. The zero-order valence-corrected chi connectivity index (χ0v) is 10.9. The Balaban J connectivity index is 0.000000191. The fourth-order valence-corrected chi connectivity index (χ4v) is 1.29. The number of hydrogen-bond donors (Lipinski definition) is 3. The lowest BCUT2D eigenvalue weighted by molar-refractivity contribution is 0.619. The highest BCUT2D eigenvalue weighted by Crippen LogP contribution is 2.11. The third-order valence-corrected chi connectivity index (χ3v) is 2.53. The van der Waals surface area contributed by atoms with E-state index >= 15 is 0 Å². The zero-order chi connectivity index (χ0) is 14.4. The zero-order valence-electron chi connectivity index (χ0n) is 10.9. The van der Waals surface area contributed by atoms with Gasteiger partial charge in [-0.25, -0.2) is 8.78 Å². The fourth-order valence-electron chi connectivity index (χ4n) is 1.29. The summed E-state index contributed by atoms with van der Waals surface area (Å²) < 4.78 is 25.2. The van der Waals surface area contributed by atoms with Crippen molar-refractivity contribution in [2.75, 3.05) is 11.2 Å². The maximum atomic E-state index is 12.7. The second kappa shape index (κ2) is 6.70. The molecule has 0 fully saturated rings. The fraction of sp³-hybridized carbons (Fsp3) is 0.143. The number of hydrogen-bond acceptors (Lipinski definition) is 3. The van der Waals surface area contributed by atoms with Crippen LogP contribution in [0.5, 0.6) is 0 Å². The molecule has 0 atom stereocenters. The molecule has 0 amide bonds. The minimum absolute atomic E-state index is 0.240. The van der Waals surface area contributed by atoms with E-state index in [9.17, 15) is 8.78 Å². The SMILES string of the molecule is Cc1ccc(N)cc1F.Cc1ccc(NN)cc1F. The van der Waals surface area contributed by atoms with Crippen LogP contribution in [0.4, 0.5) is 20.2 Å². The van der Waals surface area contributed by atoms with Gasteiger partial charge in [0.15, 0.2) is 0 Å². The summed E-state index contributed by atoms with van der Waals surface area (Å²) in [6.45, 7) is 3.41. The van der Waals surface area contributed by atoms with E-state index in [2.05, 4.69) is 5.43 Å². The second-order valence-corrected chi connectivity index (χ2v) is 4.12. The molecular formula is C14H17F2N3. The van der Waals surface area contributed by atoms with Crippen molar-refractivity contribution in [2.24, 2.45) is 5.84 Å². The van der Waals surface area contributed by atoms with Crippen LogP contribution in [-0.4, -0.2) is 0 Å². The van der Waals surface area contributed by atoms with Crippen LogP contribution in [0.25, 0.3) is 0 Å². The molecule has 0 bridgehead atoms. The highest BCUT2D eigenvalue weighted by molar-refractivity contribution is 5.43. The second-order valence-electron chi connectivity index (χ2n) is 4.12. The van der Waals surface area contributed by atoms with Crippen molar-refractivity contribution in [3.8, 4) is 0 Å². The van der Waals surface area contributed by atoms with E-state index in [0.29, 0.717) is 22.5 Å². The molecule has 0 saturated carbocycles. The van der Waals surface area contributed by atoms with E-state index in [1.165, 1.54) is 12.1 Å². The molecule has 0 heterocycles. The Kier molecular flexibility index (Phi) is 5.26.